The quantitative estimate of drug-likeness (QED) is 0.561. The third-order valence-corrected chi connectivity index (χ3v) is 7.23. The molecular weight excluding hydrogens is 431 g/mol. The predicted octanol–water partition coefficient (Wildman–Crippen LogP) is 6.36. The molecule has 1 aliphatic carbocycles. The van der Waals surface area contributed by atoms with Crippen molar-refractivity contribution >= 4 is 16.7 Å². The topological polar surface area (TPSA) is 49.8 Å². The number of rotatable bonds is 5. The van der Waals surface area contributed by atoms with E-state index in [2.05, 4.69) is 20.8 Å². The van der Waals surface area contributed by atoms with Crippen LogP contribution < -0.4 is 4.74 Å². The van der Waals surface area contributed by atoms with Crippen LogP contribution in [0.2, 0.25) is 0 Å². The van der Waals surface area contributed by atoms with E-state index in [4.69, 9.17) is 9.84 Å². The SMILES string of the molecule is CC(C)(C)C1CCC(Oc2ccc3cc(CN4CC(C(=O)O)C4)ccc3c2C(F)(F)F)CC1. The Labute approximate surface area is 192 Å². The number of carbonyl (C=O) groups is 1. The number of benzene rings is 2. The summed E-state index contributed by atoms with van der Waals surface area (Å²) in [6.45, 7) is 8.09. The van der Waals surface area contributed by atoms with Gasteiger partial charge in [0, 0.05) is 19.6 Å². The maximum absolute atomic E-state index is 14.1. The van der Waals surface area contributed by atoms with E-state index in [-0.39, 0.29) is 28.6 Å². The molecule has 2 aromatic rings. The maximum Gasteiger partial charge on any atom is 0.420 e. The summed E-state index contributed by atoms with van der Waals surface area (Å²) in [5.41, 5.74) is 0.362. The van der Waals surface area contributed by atoms with Crippen molar-refractivity contribution < 1.29 is 27.8 Å². The predicted molar refractivity (Wildman–Crippen MR) is 121 cm³/mol. The van der Waals surface area contributed by atoms with Crippen LogP contribution in [0.3, 0.4) is 0 Å². The van der Waals surface area contributed by atoms with Crippen LogP contribution in [0.4, 0.5) is 13.2 Å². The van der Waals surface area contributed by atoms with Crippen molar-refractivity contribution in [3.8, 4) is 5.75 Å². The number of nitrogens with zero attached hydrogens (tertiary/aromatic N) is 1. The number of aliphatic carboxylic acids is 1. The van der Waals surface area contributed by atoms with E-state index in [1.807, 2.05) is 4.90 Å². The van der Waals surface area contributed by atoms with Gasteiger partial charge in [-0.05, 0) is 65.5 Å². The fourth-order valence-corrected chi connectivity index (χ4v) is 5.19. The zero-order chi connectivity index (χ0) is 24.0. The molecule has 0 amide bonds. The van der Waals surface area contributed by atoms with Crippen LogP contribution in [0.15, 0.2) is 30.3 Å². The summed E-state index contributed by atoms with van der Waals surface area (Å²) >= 11 is 0. The van der Waals surface area contributed by atoms with Crippen LogP contribution in [-0.4, -0.2) is 35.2 Å². The molecule has 4 nitrogen and oxygen atoms in total. The molecule has 1 N–H and O–H groups in total. The smallest absolute Gasteiger partial charge is 0.420 e. The highest BCUT2D eigenvalue weighted by atomic mass is 19.4. The lowest BCUT2D eigenvalue weighted by Gasteiger charge is -2.37. The van der Waals surface area contributed by atoms with E-state index in [1.54, 1.807) is 18.2 Å². The van der Waals surface area contributed by atoms with Crippen LogP contribution in [0, 0.1) is 17.3 Å². The zero-order valence-corrected chi connectivity index (χ0v) is 19.4. The molecule has 2 aromatic carbocycles. The van der Waals surface area contributed by atoms with E-state index in [9.17, 15) is 18.0 Å². The Morgan fingerprint density at radius 2 is 1.73 bits per heavy atom. The Kier molecular flexibility index (Phi) is 6.38. The van der Waals surface area contributed by atoms with Gasteiger partial charge >= 0.3 is 12.1 Å². The van der Waals surface area contributed by atoms with Gasteiger partial charge in [0.05, 0.1) is 12.0 Å². The summed E-state index contributed by atoms with van der Waals surface area (Å²) in [6, 6.07) is 8.13. The van der Waals surface area contributed by atoms with Gasteiger partial charge < -0.3 is 9.84 Å². The van der Waals surface area contributed by atoms with Gasteiger partial charge in [-0.2, -0.15) is 13.2 Å². The molecule has 1 aliphatic heterocycles. The van der Waals surface area contributed by atoms with Gasteiger partial charge in [0.15, 0.2) is 0 Å². The van der Waals surface area contributed by atoms with Crippen LogP contribution in [0.1, 0.15) is 57.6 Å². The summed E-state index contributed by atoms with van der Waals surface area (Å²) in [5.74, 6) is -0.694. The van der Waals surface area contributed by atoms with Crippen molar-refractivity contribution in [1.29, 1.82) is 0 Å². The molecule has 1 saturated heterocycles. The van der Waals surface area contributed by atoms with Crippen molar-refractivity contribution in [2.24, 2.45) is 17.3 Å². The second-order valence-electron chi connectivity index (χ2n) is 10.7. The normalized spacial score (nSPS) is 22.8. The van der Waals surface area contributed by atoms with Gasteiger partial charge in [-0.1, -0.05) is 39.0 Å². The minimum Gasteiger partial charge on any atom is -0.490 e. The number of likely N-dealkylation sites (tertiary alicyclic amines) is 1. The van der Waals surface area contributed by atoms with E-state index in [1.165, 1.54) is 12.1 Å². The molecule has 0 atom stereocenters. The Morgan fingerprint density at radius 3 is 2.30 bits per heavy atom. The lowest BCUT2D eigenvalue weighted by Crippen LogP contribution is -2.49. The Morgan fingerprint density at radius 1 is 1.06 bits per heavy atom. The molecule has 0 spiro atoms. The van der Waals surface area contributed by atoms with Crippen LogP contribution in [0.25, 0.3) is 10.8 Å². The zero-order valence-electron chi connectivity index (χ0n) is 19.4. The summed E-state index contributed by atoms with van der Waals surface area (Å²) in [4.78, 5) is 13.0. The van der Waals surface area contributed by atoms with Crippen molar-refractivity contribution in [2.45, 2.75) is 65.3 Å². The molecule has 0 aromatic heterocycles. The van der Waals surface area contributed by atoms with Crippen LogP contribution in [0.5, 0.6) is 5.75 Å². The standard InChI is InChI=1S/C26H32F3NO3/c1-25(2,3)19-6-8-20(9-7-19)33-22-11-5-17-12-16(13-30-14-18(15-30)24(31)32)4-10-21(17)23(22)26(27,28)29/h4-5,10-12,18-20H,6-9,13-15H2,1-3H3,(H,31,32). The van der Waals surface area contributed by atoms with Gasteiger partial charge in [0.25, 0.3) is 0 Å². The molecule has 0 unspecified atom stereocenters. The number of halogens is 3. The first-order chi connectivity index (χ1) is 15.4. The summed E-state index contributed by atoms with van der Waals surface area (Å²) in [7, 11) is 0. The number of hydrogen-bond acceptors (Lipinski definition) is 3. The molecule has 2 aliphatic rings. The molecule has 7 heteroatoms. The molecule has 1 heterocycles. The first-order valence-electron chi connectivity index (χ1n) is 11.7. The van der Waals surface area contributed by atoms with E-state index in [0.29, 0.717) is 30.9 Å². The minimum absolute atomic E-state index is 0.0889. The lowest BCUT2D eigenvalue weighted by molar-refractivity contribution is -0.147. The second-order valence-corrected chi connectivity index (χ2v) is 10.7. The van der Waals surface area contributed by atoms with Gasteiger partial charge in [0.1, 0.15) is 11.3 Å². The second kappa shape index (κ2) is 8.82. The summed E-state index contributed by atoms with van der Waals surface area (Å²) < 4.78 is 48.3. The molecule has 2 fully saturated rings. The minimum atomic E-state index is -4.52. The molecule has 180 valence electrons. The Hall–Kier alpha value is -2.28. The lowest BCUT2D eigenvalue weighted by atomic mass is 9.72. The van der Waals surface area contributed by atoms with E-state index in [0.717, 1.165) is 31.2 Å². The Bertz CT molecular complexity index is 1010. The third kappa shape index (κ3) is 5.29. The molecule has 1 saturated carbocycles. The fraction of sp³-hybridized carbons (Fsp3) is 0.577. The average Bonchev–Trinajstić information content (AvgIpc) is 2.68. The highest BCUT2D eigenvalue weighted by Gasteiger charge is 2.38. The van der Waals surface area contributed by atoms with Gasteiger partial charge in [-0.15, -0.1) is 0 Å². The summed E-state index contributed by atoms with van der Waals surface area (Å²) in [5, 5.41) is 9.66. The van der Waals surface area contributed by atoms with E-state index < -0.39 is 17.7 Å². The van der Waals surface area contributed by atoms with Crippen molar-refractivity contribution in [3.05, 3.63) is 41.5 Å². The molecule has 4 rings (SSSR count). The third-order valence-electron chi connectivity index (χ3n) is 7.23. The van der Waals surface area contributed by atoms with E-state index >= 15 is 0 Å². The number of fused-ring (bicyclic) bond motifs is 1. The maximum atomic E-state index is 14.1. The summed E-state index contributed by atoms with van der Waals surface area (Å²) in [6.07, 6.45) is -1.26. The molecule has 0 radical (unpaired) electrons. The molecule has 0 bridgehead atoms. The fourth-order valence-electron chi connectivity index (χ4n) is 5.19. The van der Waals surface area contributed by atoms with Crippen molar-refractivity contribution in [1.82, 2.24) is 4.90 Å². The molecule has 33 heavy (non-hydrogen) atoms. The highest BCUT2D eigenvalue weighted by molar-refractivity contribution is 5.89. The van der Waals surface area contributed by atoms with Crippen molar-refractivity contribution in [3.63, 3.8) is 0 Å². The largest absolute Gasteiger partial charge is 0.490 e. The van der Waals surface area contributed by atoms with Gasteiger partial charge in [-0.25, -0.2) is 0 Å². The average molecular weight is 464 g/mol. The highest BCUT2D eigenvalue weighted by Crippen LogP contribution is 2.44. The number of carboxylic acids is 1. The number of ether oxygens (including phenoxy) is 1. The number of hydrogen-bond donors (Lipinski definition) is 1. The van der Waals surface area contributed by atoms with Crippen LogP contribution >= 0.6 is 0 Å². The molecular formula is C26H32F3NO3. The number of alkyl halides is 3. The Balaban J connectivity index is 1.52. The van der Waals surface area contributed by atoms with Gasteiger partial charge in [-0.3, -0.25) is 9.69 Å². The first kappa shape index (κ1) is 23.9. The van der Waals surface area contributed by atoms with Crippen LogP contribution in [-0.2, 0) is 17.5 Å². The van der Waals surface area contributed by atoms with Crippen molar-refractivity contribution in [2.75, 3.05) is 13.1 Å². The first-order valence-corrected chi connectivity index (χ1v) is 11.7. The monoisotopic (exact) mass is 463 g/mol. The number of carboxylic acid groups (broad SMARTS) is 1. The van der Waals surface area contributed by atoms with Gasteiger partial charge in [0.2, 0.25) is 0 Å².